The van der Waals surface area contributed by atoms with Crippen LogP contribution in [-0.4, -0.2) is 11.0 Å². The van der Waals surface area contributed by atoms with Crippen molar-refractivity contribution in [2.45, 2.75) is 51.0 Å². The van der Waals surface area contributed by atoms with Gasteiger partial charge in [0.1, 0.15) is 5.82 Å². The van der Waals surface area contributed by atoms with Crippen molar-refractivity contribution in [2.75, 3.05) is 11.1 Å². The van der Waals surface area contributed by atoms with Crippen LogP contribution in [0.2, 0.25) is 0 Å². The molecule has 2 rings (SSSR count). The maximum absolute atomic E-state index is 5.88. The molecular formula is C13H21N3. The Morgan fingerprint density at radius 2 is 1.81 bits per heavy atom. The highest BCUT2D eigenvalue weighted by molar-refractivity contribution is 5.60. The van der Waals surface area contributed by atoms with E-state index in [9.17, 15) is 0 Å². The van der Waals surface area contributed by atoms with Crippen molar-refractivity contribution in [3.05, 3.63) is 18.3 Å². The Kier molecular flexibility index (Phi) is 4.03. The Hall–Kier alpha value is -1.25. The third-order valence-electron chi connectivity index (χ3n) is 3.28. The van der Waals surface area contributed by atoms with Gasteiger partial charge in [-0.3, -0.25) is 0 Å². The number of nitrogens with two attached hydrogens (primary N) is 1. The first kappa shape index (κ1) is 11.2. The molecule has 0 aliphatic heterocycles. The molecular weight excluding hydrogens is 198 g/mol. The SMILES string of the molecule is Nc1cccnc1NC1CCCCCCC1. The highest BCUT2D eigenvalue weighted by atomic mass is 15.0. The van der Waals surface area contributed by atoms with Crippen LogP contribution in [0.15, 0.2) is 18.3 Å². The monoisotopic (exact) mass is 219 g/mol. The molecule has 0 bridgehead atoms. The minimum absolute atomic E-state index is 0.553. The van der Waals surface area contributed by atoms with E-state index >= 15 is 0 Å². The van der Waals surface area contributed by atoms with E-state index < -0.39 is 0 Å². The molecule has 0 saturated heterocycles. The van der Waals surface area contributed by atoms with E-state index in [0.717, 1.165) is 11.5 Å². The zero-order valence-electron chi connectivity index (χ0n) is 9.78. The highest BCUT2D eigenvalue weighted by Crippen LogP contribution is 2.22. The first-order valence-corrected chi connectivity index (χ1v) is 6.33. The quantitative estimate of drug-likeness (QED) is 0.803. The number of pyridine rings is 1. The van der Waals surface area contributed by atoms with Crippen molar-refractivity contribution in [1.29, 1.82) is 0 Å². The zero-order valence-corrected chi connectivity index (χ0v) is 9.78. The molecule has 3 N–H and O–H groups in total. The Morgan fingerprint density at radius 3 is 2.50 bits per heavy atom. The van der Waals surface area contributed by atoms with Crippen molar-refractivity contribution in [1.82, 2.24) is 4.98 Å². The molecule has 88 valence electrons. The van der Waals surface area contributed by atoms with Crippen LogP contribution in [0.25, 0.3) is 0 Å². The number of nitrogen functional groups attached to an aromatic ring is 1. The highest BCUT2D eigenvalue weighted by Gasteiger charge is 2.12. The molecule has 0 spiro atoms. The van der Waals surface area contributed by atoms with Crippen molar-refractivity contribution >= 4 is 11.5 Å². The number of nitrogens with one attached hydrogen (secondary N) is 1. The Morgan fingerprint density at radius 1 is 1.12 bits per heavy atom. The molecule has 0 radical (unpaired) electrons. The minimum Gasteiger partial charge on any atom is -0.396 e. The fraction of sp³-hybridized carbons (Fsp3) is 0.615. The molecule has 0 unspecified atom stereocenters. The number of hydrogen-bond donors (Lipinski definition) is 2. The summed E-state index contributed by atoms with van der Waals surface area (Å²) in [5.41, 5.74) is 6.64. The fourth-order valence-corrected chi connectivity index (χ4v) is 2.33. The van der Waals surface area contributed by atoms with E-state index in [0.29, 0.717) is 6.04 Å². The van der Waals surface area contributed by atoms with Crippen LogP contribution in [0.1, 0.15) is 44.9 Å². The van der Waals surface area contributed by atoms with Gasteiger partial charge in [-0.05, 0) is 25.0 Å². The number of nitrogens with zero attached hydrogens (tertiary/aromatic N) is 1. The van der Waals surface area contributed by atoms with Gasteiger partial charge in [-0.15, -0.1) is 0 Å². The largest absolute Gasteiger partial charge is 0.396 e. The molecule has 1 aliphatic carbocycles. The third kappa shape index (κ3) is 3.12. The van der Waals surface area contributed by atoms with Crippen molar-refractivity contribution in [3.63, 3.8) is 0 Å². The van der Waals surface area contributed by atoms with Crippen LogP contribution in [0.5, 0.6) is 0 Å². The van der Waals surface area contributed by atoms with Crippen molar-refractivity contribution < 1.29 is 0 Å². The fourth-order valence-electron chi connectivity index (χ4n) is 2.33. The third-order valence-corrected chi connectivity index (χ3v) is 3.28. The lowest BCUT2D eigenvalue weighted by atomic mass is 9.97. The van der Waals surface area contributed by atoms with Gasteiger partial charge in [-0.2, -0.15) is 0 Å². The van der Waals surface area contributed by atoms with Crippen LogP contribution in [-0.2, 0) is 0 Å². The van der Waals surface area contributed by atoms with Crippen LogP contribution in [0, 0.1) is 0 Å². The molecule has 16 heavy (non-hydrogen) atoms. The van der Waals surface area contributed by atoms with E-state index in [1.54, 1.807) is 6.20 Å². The summed E-state index contributed by atoms with van der Waals surface area (Å²) in [5, 5.41) is 3.48. The van der Waals surface area contributed by atoms with Crippen LogP contribution in [0.4, 0.5) is 11.5 Å². The predicted octanol–water partition coefficient (Wildman–Crippen LogP) is 3.19. The Bertz CT molecular complexity index is 317. The van der Waals surface area contributed by atoms with E-state index in [-0.39, 0.29) is 0 Å². The lowest BCUT2D eigenvalue weighted by Gasteiger charge is -2.22. The molecule has 1 aromatic heterocycles. The summed E-state index contributed by atoms with van der Waals surface area (Å²) in [5.74, 6) is 0.855. The zero-order chi connectivity index (χ0) is 11.2. The second-order valence-electron chi connectivity index (χ2n) is 4.63. The molecule has 1 aromatic rings. The van der Waals surface area contributed by atoms with Gasteiger partial charge in [-0.1, -0.05) is 32.1 Å². The smallest absolute Gasteiger partial charge is 0.149 e. The summed E-state index contributed by atoms with van der Waals surface area (Å²) in [6.07, 6.45) is 11.1. The molecule has 0 amide bonds. The molecule has 0 atom stereocenters. The summed E-state index contributed by atoms with van der Waals surface area (Å²) in [6.45, 7) is 0. The van der Waals surface area contributed by atoms with Crippen LogP contribution in [0.3, 0.4) is 0 Å². The van der Waals surface area contributed by atoms with Crippen molar-refractivity contribution in [3.8, 4) is 0 Å². The lowest BCUT2D eigenvalue weighted by Crippen LogP contribution is -2.21. The Balaban J connectivity index is 1.94. The average molecular weight is 219 g/mol. The van der Waals surface area contributed by atoms with Crippen LogP contribution >= 0.6 is 0 Å². The molecule has 1 fully saturated rings. The first-order chi connectivity index (χ1) is 7.86. The summed E-state index contributed by atoms with van der Waals surface area (Å²) >= 11 is 0. The number of aromatic nitrogens is 1. The summed E-state index contributed by atoms with van der Waals surface area (Å²) in [6, 6.07) is 4.33. The predicted molar refractivity (Wildman–Crippen MR) is 68.4 cm³/mol. The lowest BCUT2D eigenvalue weighted by molar-refractivity contribution is 0.471. The maximum atomic E-state index is 5.88. The molecule has 0 aromatic carbocycles. The molecule has 3 heteroatoms. The van der Waals surface area contributed by atoms with E-state index in [4.69, 9.17) is 5.73 Å². The number of hydrogen-bond acceptors (Lipinski definition) is 3. The minimum atomic E-state index is 0.553. The van der Waals surface area contributed by atoms with E-state index in [1.165, 1.54) is 44.9 Å². The van der Waals surface area contributed by atoms with Gasteiger partial charge in [0.15, 0.2) is 0 Å². The standard InChI is InChI=1S/C13H21N3/c14-12-9-6-10-15-13(12)16-11-7-4-2-1-3-5-8-11/h6,9-11H,1-5,7-8,14H2,(H,15,16). The van der Waals surface area contributed by atoms with Gasteiger partial charge in [0.2, 0.25) is 0 Å². The average Bonchev–Trinajstić information content (AvgIpc) is 2.24. The molecule has 1 aliphatic rings. The van der Waals surface area contributed by atoms with E-state index in [2.05, 4.69) is 10.3 Å². The summed E-state index contributed by atoms with van der Waals surface area (Å²) < 4.78 is 0. The second kappa shape index (κ2) is 5.73. The summed E-state index contributed by atoms with van der Waals surface area (Å²) in [7, 11) is 0. The van der Waals surface area contributed by atoms with Gasteiger partial charge < -0.3 is 11.1 Å². The molecule has 1 heterocycles. The number of anilines is 2. The molecule has 3 nitrogen and oxygen atoms in total. The van der Waals surface area contributed by atoms with Gasteiger partial charge in [0.05, 0.1) is 5.69 Å². The number of rotatable bonds is 2. The van der Waals surface area contributed by atoms with Gasteiger partial charge in [0.25, 0.3) is 0 Å². The van der Waals surface area contributed by atoms with Crippen molar-refractivity contribution in [2.24, 2.45) is 0 Å². The maximum Gasteiger partial charge on any atom is 0.149 e. The topological polar surface area (TPSA) is 50.9 Å². The first-order valence-electron chi connectivity index (χ1n) is 6.33. The van der Waals surface area contributed by atoms with Crippen LogP contribution < -0.4 is 11.1 Å². The van der Waals surface area contributed by atoms with Gasteiger partial charge >= 0.3 is 0 Å². The van der Waals surface area contributed by atoms with E-state index in [1.807, 2.05) is 12.1 Å². The normalized spacial score (nSPS) is 18.8. The van der Waals surface area contributed by atoms with Gasteiger partial charge in [0, 0.05) is 12.2 Å². The van der Waals surface area contributed by atoms with Gasteiger partial charge in [-0.25, -0.2) is 4.98 Å². The molecule has 1 saturated carbocycles. The second-order valence-corrected chi connectivity index (χ2v) is 4.63. The Labute approximate surface area is 97.5 Å². The summed E-state index contributed by atoms with van der Waals surface area (Å²) in [4.78, 5) is 4.29.